The molecule has 0 spiro atoms. The Labute approximate surface area is 114 Å². The molecule has 1 heterocycles. The van der Waals surface area contributed by atoms with E-state index in [1.54, 1.807) is 0 Å². The number of benzene rings is 1. The van der Waals surface area contributed by atoms with Crippen LogP contribution in [0.1, 0.15) is 42.3 Å². The van der Waals surface area contributed by atoms with Gasteiger partial charge in [0.1, 0.15) is 0 Å². The second kappa shape index (κ2) is 5.97. The van der Waals surface area contributed by atoms with E-state index in [0.29, 0.717) is 6.54 Å². The maximum Gasteiger partial charge on any atom is 0.0999 e. The lowest BCUT2D eigenvalue weighted by molar-refractivity contribution is 0.713. The summed E-state index contributed by atoms with van der Waals surface area (Å²) in [6.45, 7) is 6.87. The lowest BCUT2D eigenvalue weighted by Crippen LogP contribution is -2.06. The minimum Gasteiger partial charge on any atom is -0.325 e. The molecule has 0 bridgehead atoms. The van der Waals surface area contributed by atoms with Crippen molar-refractivity contribution in [3.63, 3.8) is 0 Å². The summed E-state index contributed by atoms with van der Waals surface area (Å²) in [5.41, 5.74) is 11.4. The van der Waals surface area contributed by atoms with E-state index in [1.807, 2.05) is 4.68 Å². The van der Waals surface area contributed by atoms with E-state index >= 15 is 0 Å². The molecular weight excluding hydrogens is 236 g/mol. The quantitative estimate of drug-likeness (QED) is 0.897. The van der Waals surface area contributed by atoms with Gasteiger partial charge in [0.15, 0.2) is 0 Å². The van der Waals surface area contributed by atoms with E-state index in [-0.39, 0.29) is 0 Å². The van der Waals surface area contributed by atoms with Crippen LogP contribution in [0.2, 0.25) is 0 Å². The Kier molecular flexibility index (Phi) is 4.32. The van der Waals surface area contributed by atoms with Crippen molar-refractivity contribution in [2.75, 3.05) is 0 Å². The molecule has 0 amide bonds. The molecule has 0 fully saturated rings. The molecule has 0 aliphatic heterocycles. The lowest BCUT2D eigenvalue weighted by Gasteiger charge is -2.09. The molecule has 0 radical (unpaired) electrons. The monoisotopic (exact) mass is 258 g/mol. The van der Waals surface area contributed by atoms with Crippen LogP contribution in [0.3, 0.4) is 0 Å². The summed E-state index contributed by atoms with van der Waals surface area (Å²) in [7, 11) is 0. The van der Waals surface area contributed by atoms with Crippen LogP contribution in [0, 0.1) is 13.8 Å². The molecular formula is C15H22N4. The normalized spacial score (nSPS) is 10.9. The molecule has 2 N–H and O–H groups in total. The standard InChI is InChI=1S/C15H22N4/c1-4-5-6-15-14(10-16)17-18-19(15)13-8-7-11(2)12(3)9-13/h7-9H,4-6,10,16H2,1-3H3. The largest absolute Gasteiger partial charge is 0.325 e. The van der Waals surface area contributed by atoms with Crippen LogP contribution >= 0.6 is 0 Å². The van der Waals surface area contributed by atoms with Crippen molar-refractivity contribution in [3.05, 3.63) is 40.7 Å². The molecule has 1 aromatic carbocycles. The van der Waals surface area contributed by atoms with Crippen LogP contribution in [-0.2, 0) is 13.0 Å². The smallest absolute Gasteiger partial charge is 0.0999 e. The van der Waals surface area contributed by atoms with E-state index in [4.69, 9.17) is 5.73 Å². The van der Waals surface area contributed by atoms with Gasteiger partial charge >= 0.3 is 0 Å². The third kappa shape index (κ3) is 2.84. The third-order valence-electron chi connectivity index (χ3n) is 3.54. The second-order valence-corrected chi connectivity index (χ2v) is 4.97. The first kappa shape index (κ1) is 13.7. The van der Waals surface area contributed by atoms with Crippen molar-refractivity contribution in [2.45, 2.75) is 46.6 Å². The van der Waals surface area contributed by atoms with Gasteiger partial charge in [0, 0.05) is 6.54 Å². The van der Waals surface area contributed by atoms with Gasteiger partial charge in [0.2, 0.25) is 0 Å². The average Bonchev–Trinajstić information content (AvgIpc) is 2.82. The Balaban J connectivity index is 2.42. The predicted octanol–water partition coefficient (Wildman–Crippen LogP) is 2.69. The Morgan fingerprint density at radius 1 is 1.21 bits per heavy atom. The van der Waals surface area contributed by atoms with Crippen LogP contribution in [0.15, 0.2) is 18.2 Å². The van der Waals surface area contributed by atoms with E-state index < -0.39 is 0 Å². The maximum absolute atomic E-state index is 5.75. The highest BCUT2D eigenvalue weighted by molar-refractivity contribution is 5.40. The fraction of sp³-hybridized carbons (Fsp3) is 0.467. The molecule has 0 aliphatic rings. The summed E-state index contributed by atoms with van der Waals surface area (Å²) in [5.74, 6) is 0. The number of aromatic nitrogens is 3. The second-order valence-electron chi connectivity index (χ2n) is 4.97. The van der Waals surface area contributed by atoms with Gasteiger partial charge in [0.25, 0.3) is 0 Å². The highest BCUT2D eigenvalue weighted by atomic mass is 15.4. The minimum atomic E-state index is 0.448. The first-order chi connectivity index (χ1) is 9.17. The zero-order valence-corrected chi connectivity index (χ0v) is 12.0. The minimum absolute atomic E-state index is 0.448. The fourth-order valence-electron chi connectivity index (χ4n) is 2.15. The summed E-state index contributed by atoms with van der Waals surface area (Å²) in [6, 6.07) is 6.37. The zero-order chi connectivity index (χ0) is 13.8. The first-order valence-electron chi connectivity index (χ1n) is 6.88. The fourth-order valence-corrected chi connectivity index (χ4v) is 2.15. The highest BCUT2D eigenvalue weighted by Crippen LogP contribution is 2.18. The predicted molar refractivity (Wildman–Crippen MR) is 77.3 cm³/mol. The molecule has 0 aliphatic carbocycles. The van der Waals surface area contributed by atoms with Gasteiger partial charge in [-0.05, 0) is 49.9 Å². The van der Waals surface area contributed by atoms with Crippen molar-refractivity contribution in [2.24, 2.45) is 5.73 Å². The van der Waals surface area contributed by atoms with Crippen molar-refractivity contribution < 1.29 is 0 Å². The number of nitrogens with zero attached hydrogens (tertiary/aromatic N) is 3. The van der Waals surface area contributed by atoms with Gasteiger partial charge < -0.3 is 5.73 Å². The van der Waals surface area contributed by atoms with E-state index in [0.717, 1.165) is 36.3 Å². The number of unbranched alkanes of at least 4 members (excludes halogenated alkanes) is 1. The number of rotatable bonds is 5. The van der Waals surface area contributed by atoms with Crippen LogP contribution in [0.25, 0.3) is 5.69 Å². The summed E-state index contributed by atoms with van der Waals surface area (Å²) in [5, 5.41) is 8.47. The Bertz CT molecular complexity index is 557. The van der Waals surface area contributed by atoms with Gasteiger partial charge in [-0.15, -0.1) is 5.10 Å². The summed E-state index contributed by atoms with van der Waals surface area (Å²) >= 11 is 0. The summed E-state index contributed by atoms with van der Waals surface area (Å²) < 4.78 is 1.93. The van der Waals surface area contributed by atoms with Gasteiger partial charge in [-0.2, -0.15) is 0 Å². The Morgan fingerprint density at radius 2 is 2.00 bits per heavy atom. The molecule has 0 unspecified atom stereocenters. The van der Waals surface area contributed by atoms with E-state index in [9.17, 15) is 0 Å². The zero-order valence-electron chi connectivity index (χ0n) is 12.0. The summed E-state index contributed by atoms with van der Waals surface area (Å²) in [4.78, 5) is 0. The maximum atomic E-state index is 5.75. The SMILES string of the molecule is CCCCc1c(CN)nnn1-c1ccc(C)c(C)c1. The lowest BCUT2D eigenvalue weighted by atomic mass is 10.1. The number of hydrogen-bond acceptors (Lipinski definition) is 3. The Morgan fingerprint density at radius 3 is 2.63 bits per heavy atom. The van der Waals surface area contributed by atoms with Gasteiger partial charge in [-0.3, -0.25) is 0 Å². The van der Waals surface area contributed by atoms with Crippen molar-refractivity contribution in [1.82, 2.24) is 15.0 Å². The van der Waals surface area contributed by atoms with Gasteiger partial charge in [0.05, 0.1) is 17.1 Å². The van der Waals surface area contributed by atoms with E-state index in [2.05, 4.69) is 49.3 Å². The molecule has 0 saturated heterocycles. The van der Waals surface area contributed by atoms with Crippen LogP contribution in [-0.4, -0.2) is 15.0 Å². The average molecular weight is 258 g/mol. The topological polar surface area (TPSA) is 56.7 Å². The van der Waals surface area contributed by atoms with Crippen molar-refractivity contribution >= 4 is 0 Å². The Hall–Kier alpha value is -1.68. The molecule has 4 nitrogen and oxygen atoms in total. The number of aryl methyl sites for hydroxylation is 2. The van der Waals surface area contributed by atoms with Crippen LogP contribution < -0.4 is 5.73 Å². The van der Waals surface area contributed by atoms with Crippen LogP contribution in [0.5, 0.6) is 0 Å². The van der Waals surface area contributed by atoms with Gasteiger partial charge in [-0.25, -0.2) is 4.68 Å². The summed E-state index contributed by atoms with van der Waals surface area (Å²) in [6.07, 6.45) is 3.26. The number of hydrogen-bond donors (Lipinski definition) is 1. The first-order valence-corrected chi connectivity index (χ1v) is 6.88. The van der Waals surface area contributed by atoms with E-state index in [1.165, 1.54) is 11.1 Å². The van der Waals surface area contributed by atoms with Crippen molar-refractivity contribution in [3.8, 4) is 5.69 Å². The molecule has 0 atom stereocenters. The third-order valence-corrected chi connectivity index (χ3v) is 3.54. The molecule has 4 heteroatoms. The molecule has 2 rings (SSSR count). The molecule has 1 aromatic heterocycles. The highest BCUT2D eigenvalue weighted by Gasteiger charge is 2.12. The van der Waals surface area contributed by atoms with Crippen LogP contribution in [0.4, 0.5) is 0 Å². The molecule has 0 saturated carbocycles. The van der Waals surface area contributed by atoms with Gasteiger partial charge in [-0.1, -0.05) is 24.6 Å². The number of nitrogens with two attached hydrogens (primary N) is 1. The van der Waals surface area contributed by atoms with Crippen molar-refractivity contribution in [1.29, 1.82) is 0 Å². The molecule has 102 valence electrons. The molecule has 19 heavy (non-hydrogen) atoms. The molecule has 2 aromatic rings.